The highest BCUT2D eigenvalue weighted by molar-refractivity contribution is 5.56. The van der Waals surface area contributed by atoms with Gasteiger partial charge in [0.1, 0.15) is 29.8 Å². The minimum Gasteiger partial charge on any atom is -0.497 e. The van der Waals surface area contributed by atoms with Gasteiger partial charge in [-0.25, -0.2) is 4.79 Å². The van der Waals surface area contributed by atoms with Gasteiger partial charge in [-0.2, -0.15) is 0 Å². The normalized spacial score (nSPS) is 22.4. The second-order valence-electron chi connectivity index (χ2n) is 9.74. The molecule has 0 radical (unpaired) electrons. The maximum Gasteiger partial charge on any atom is 0.330 e. The summed E-state index contributed by atoms with van der Waals surface area (Å²) < 4.78 is 24.8. The molecule has 10 heteroatoms. The number of nitrogens with one attached hydrogen (secondary N) is 1. The zero-order valence-corrected chi connectivity index (χ0v) is 22.9. The largest absolute Gasteiger partial charge is 0.497 e. The van der Waals surface area contributed by atoms with Crippen LogP contribution >= 0.6 is 0 Å². The van der Waals surface area contributed by atoms with E-state index in [2.05, 4.69) is 4.98 Å². The number of benzene rings is 3. The lowest BCUT2D eigenvalue weighted by atomic mass is 9.60. The van der Waals surface area contributed by atoms with E-state index in [-0.39, 0.29) is 0 Å². The van der Waals surface area contributed by atoms with Crippen molar-refractivity contribution in [2.24, 2.45) is 0 Å². The van der Waals surface area contributed by atoms with E-state index in [1.54, 1.807) is 38.5 Å². The van der Waals surface area contributed by atoms with Crippen molar-refractivity contribution in [1.29, 1.82) is 0 Å². The molecule has 4 atom stereocenters. The smallest absolute Gasteiger partial charge is 0.330 e. The summed E-state index contributed by atoms with van der Waals surface area (Å²) in [7, 11) is 4.53. The highest BCUT2D eigenvalue weighted by Crippen LogP contribution is 2.57. The minimum atomic E-state index is -1.89. The van der Waals surface area contributed by atoms with Gasteiger partial charge in [0.25, 0.3) is 5.56 Å². The van der Waals surface area contributed by atoms with Crippen LogP contribution in [0.5, 0.6) is 11.5 Å². The van der Waals surface area contributed by atoms with Crippen molar-refractivity contribution in [3.05, 3.63) is 129 Å². The summed E-state index contributed by atoms with van der Waals surface area (Å²) in [6.07, 6.45) is -2.39. The molecule has 0 amide bonds. The molecule has 214 valence electrons. The first-order chi connectivity index (χ1) is 19.9. The Morgan fingerprint density at radius 3 is 1.85 bits per heavy atom. The van der Waals surface area contributed by atoms with Gasteiger partial charge in [0.05, 0.1) is 26.2 Å². The Morgan fingerprint density at radius 2 is 1.39 bits per heavy atom. The number of hydrogen-bond acceptors (Lipinski definition) is 8. The summed E-state index contributed by atoms with van der Waals surface area (Å²) in [6, 6.07) is 25.1. The molecular weight excluding hydrogens is 528 g/mol. The summed E-state index contributed by atoms with van der Waals surface area (Å²) in [5, 5.41) is 21.9. The molecule has 0 aliphatic carbocycles. The van der Waals surface area contributed by atoms with Crippen molar-refractivity contribution in [3.63, 3.8) is 0 Å². The maximum atomic E-state index is 13.7. The van der Waals surface area contributed by atoms with Gasteiger partial charge in [0.2, 0.25) is 0 Å². The standard InChI is InChI=1S/C31H32N2O8/c1-38-23-13-9-21(10-14-23)30(20-7-5-4-6-8-20,22-11-15-24(39-2)16-12-22)31(33-18-17-26(35)32-29(33)37)28(40-3)27(36)25(19-34)41-31/h4-18,25,27-28,34,36H,19H2,1-3H3,(H,32,35,37)/t25-,27-,28-,31+/m1/s1. The monoisotopic (exact) mass is 560 g/mol. The molecule has 0 saturated carbocycles. The number of aliphatic hydroxyl groups is 2. The first-order valence-corrected chi connectivity index (χ1v) is 13.0. The van der Waals surface area contributed by atoms with Crippen LogP contribution in [0.15, 0.2) is 101 Å². The molecule has 0 spiro atoms. The van der Waals surface area contributed by atoms with Crippen LogP contribution in [-0.4, -0.2) is 66.0 Å². The third kappa shape index (κ3) is 4.36. The van der Waals surface area contributed by atoms with Crippen LogP contribution in [-0.2, 0) is 20.6 Å². The zero-order chi connectivity index (χ0) is 29.2. The summed E-state index contributed by atoms with van der Waals surface area (Å²) in [4.78, 5) is 28.3. The van der Waals surface area contributed by atoms with Crippen LogP contribution in [0.25, 0.3) is 0 Å². The van der Waals surface area contributed by atoms with Crippen LogP contribution < -0.4 is 20.7 Å². The van der Waals surface area contributed by atoms with Gasteiger partial charge in [0.15, 0.2) is 5.72 Å². The number of aromatic nitrogens is 2. The lowest BCUT2D eigenvalue weighted by Gasteiger charge is -2.52. The zero-order valence-electron chi connectivity index (χ0n) is 22.9. The fourth-order valence-corrected chi connectivity index (χ4v) is 6.08. The molecule has 0 unspecified atom stereocenters. The van der Waals surface area contributed by atoms with E-state index in [0.717, 1.165) is 0 Å². The van der Waals surface area contributed by atoms with Crippen LogP contribution in [0.3, 0.4) is 0 Å². The second-order valence-corrected chi connectivity index (χ2v) is 9.74. The molecule has 3 aromatic carbocycles. The van der Waals surface area contributed by atoms with Crippen LogP contribution in [0.4, 0.5) is 0 Å². The van der Waals surface area contributed by atoms with E-state index in [4.69, 9.17) is 18.9 Å². The van der Waals surface area contributed by atoms with Crippen molar-refractivity contribution >= 4 is 0 Å². The van der Waals surface area contributed by atoms with Gasteiger partial charge < -0.3 is 29.2 Å². The summed E-state index contributed by atoms with van der Waals surface area (Å²) in [5.41, 5.74) is -2.72. The Bertz CT molecular complexity index is 1540. The Labute approximate surface area is 236 Å². The highest BCUT2D eigenvalue weighted by atomic mass is 16.6. The van der Waals surface area contributed by atoms with E-state index in [9.17, 15) is 19.8 Å². The van der Waals surface area contributed by atoms with E-state index in [1.165, 1.54) is 23.9 Å². The van der Waals surface area contributed by atoms with E-state index < -0.39 is 47.3 Å². The van der Waals surface area contributed by atoms with E-state index in [1.807, 2.05) is 54.6 Å². The van der Waals surface area contributed by atoms with Crippen molar-refractivity contribution in [2.45, 2.75) is 29.5 Å². The van der Waals surface area contributed by atoms with Crippen molar-refractivity contribution in [2.75, 3.05) is 27.9 Å². The number of hydrogen-bond donors (Lipinski definition) is 3. The minimum absolute atomic E-state index is 0.559. The fourth-order valence-electron chi connectivity index (χ4n) is 6.08. The fraction of sp³-hybridized carbons (Fsp3) is 0.290. The van der Waals surface area contributed by atoms with E-state index >= 15 is 0 Å². The van der Waals surface area contributed by atoms with E-state index in [0.29, 0.717) is 28.2 Å². The van der Waals surface area contributed by atoms with Crippen molar-refractivity contribution in [1.82, 2.24) is 9.55 Å². The predicted octanol–water partition coefficient (Wildman–Crippen LogP) is 2.01. The van der Waals surface area contributed by atoms with Gasteiger partial charge in [-0.3, -0.25) is 14.3 Å². The number of rotatable bonds is 9. The molecular formula is C31H32N2O8. The molecule has 10 nitrogen and oxygen atoms in total. The molecule has 0 bridgehead atoms. The maximum absolute atomic E-state index is 13.7. The summed E-state index contributed by atoms with van der Waals surface area (Å²) in [6.45, 7) is -0.559. The lowest BCUT2D eigenvalue weighted by Crippen LogP contribution is -2.64. The topological polar surface area (TPSA) is 132 Å². The van der Waals surface area contributed by atoms with Crippen LogP contribution in [0, 0.1) is 0 Å². The molecule has 2 heterocycles. The Hall–Kier alpha value is -4.22. The second kappa shape index (κ2) is 11.3. The van der Waals surface area contributed by atoms with Gasteiger partial charge in [-0.05, 0) is 41.0 Å². The Morgan fingerprint density at radius 1 is 0.854 bits per heavy atom. The van der Waals surface area contributed by atoms with Gasteiger partial charge in [-0.15, -0.1) is 0 Å². The number of H-pyrrole nitrogens is 1. The predicted molar refractivity (Wildman–Crippen MR) is 150 cm³/mol. The van der Waals surface area contributed by atoms with Gasteiger partial charge in [0, 0.05) is 19.4 Å². The molecule has 1 fully saturated rings. The molecule has 1 saturated heterocycles. The molecule has 1 aromatic heterocycles. The van der Waals surface area contributed by atoms with Crippen molar-refractivity contribution in [3.8, 4) is 11.5 Å². The molecule has 5 rings (SSSR count). The SMILES string of the molecule is COc1ccc(C(c2ccccc2)(c2ccc(OC)cc2)[C@@]2(n3ccc(=O)[nH]c3=O)O[C@H](CO)[C@@H](O)[C@H]2OC)cc1. The third-order valence-electron chi connectivity index (χ3n) is 7.81. The summed E-state index contributed by atoms with van der Waals surface area (Å²) in [5.74, 6) is 1.20. The number of ether oxygens (including phenoxy) is 4. The number of aliphatic hydroxyl groups excluding tert-OH is 2. The third-order valence-corrected chi connectivity index (χ3v) is 7.81. The molecule has 1 aliphatic heterocycles. The van der Waals surface area contributed by atoms with Gasteiger partial charge >= 0.3 is 5.69 Å². The van der Waals surface area contributed by atoms with Gasteiger partial charge in [-0.1, -0.05) is 54.6 Å². The molecule has 4 aromatic rings. The quantitative estimate of drug-likeness (QED) is 0.265. The van der Waals surface area contributed by atoms with Crippen molar-refractivity contribution < 1.29 is 29.2 Å². The molecule has 1 aliphatic rings. The van der Waals surface area contributed by atoms with Crippen LogP contribution in [0.1, 0.15) is 16.7 Å². The number of aromatic amines is 1. The lowest BCUT2D eigenvalue weighted by molar-refractivity contribution is -0.186. The molecule has 3 N–H and O–H groups in total. The number of methoxy groups -OCH3 is 3. The summed E-state index contributed by atoms with van der Waals surface area (Å²) >= 11 is 0. The average Bonchev–Trinajstić information content (AvgIpc) is 3.30. The first-order valence-electron chi connectivity index (χ1n) is 13.0. The number of nitrogens with zero attached hydrogens (tertiary/aromatic N) is 1. The first kappa shape index (κ1) is 28.3. The molecule has 41 heavy (non-hydrogen) atoms. The van der Waals surface area contributed by atoms with Crippen LogP contribution in [0.2, 0.25) is 0 Å². The highest BCUT2D eigenvalue weighted by Gasteiger charge is 2.69. The average molecular weight is 561 g/mol. The Balaban J connectivity index is 2.03. The Kier molecular flexibility index (Phi) is 7.83.